The van der Waals surface area contributed by atoms with Gasteiger partial charge < -0.3 is 24.3 Å². The first-order valence-electron chi connectivity index (χ1n) is 10.2. The minimum absolute atomic E-state index is 0.123. The van der Waals surface area contributed by atoms with Gasteiger partial charge in [-0.1, -0.05) is 0 Å². The molecule has 0 spiro atoms. The van der Waals surface area contributed by atoms with Gasteiger partial charge in [0.15, 0.2) is 0 Å². The highest BCUT2D eigenvalue weighted by Crippen LogP contribution is 2.30. The van der Waals surface area contributed by atoms with E-state index in [-0.39, 0.29) is 17.2 Å². The maximum atomic E-state index is 13.0. The average molecular weight is 465 g/mol. The molecule has 0 atom stereocenters. The first-order chi connectivity index (χ1) is 15.4. The Morgan fingerprint density at radius 1 is 1.00 bits per heavy atom. The van der Waals surface area contributed by atoms with Crippen LogP contribution in [-0.2, 0) is 26.0 Å². The topological polar surface area (TPSA) is 103 Å². The summed E-state index contributed by atoms with van der Waals surface area (Å²) in [4.78, 5) is 12.8. The Balaban J connectivity index is 1.74. The Morgan fingerprint density at radius 2 is 1.69 bits per heavy atom. The Hall–Kier alpha value is -2.82. The van der Waals surface area contributed by atoms with E-state index in [2.05, 4.69) is 5.32 Å². The number of nitrogens with zero attached hydrogens (tertiary/aromatic N) is 1. The van der Waals surface area contributed by atoms with Crippen molar-refractivity contribution >= 4 is 21.6 Å². The Morgan fingerprint density at radius 3 is 2.34 bits per heavy atom. The molecule has 0 aliphatic carbocycles. The van der Waals surface area contributed by atoms with Gasteiger partial charge in [0.05, 0.1) is 45.1 Å². The molecule has 0 unspecified atom stereocenters. The number of ether oxygens (including phenoxy) is 4. The van der Waals surface area contributed by atoms with Crippen molar-refractivity contribution in [2.75, 3.05) is 52.9 Å². The summed E-state index contributed by atoms with van der Waals surface area (Å²) in [5.74, 6) is 1.37. The zero-order valence-corrected chi connectivity index (χ0v) is 19.2. The maximum Gasteiger partial charge on any atom is 0.243 e. The summed E-state index contributed by atoms with van der Waals surface area (Å²) in [6, 6.07) is 9.83. The summed E-state index contributed by atoms with van der Waals surface area (Å²) in [5.41, 5.74) is 1.13. The van der Waals surface area contributed by atoms with Crippen LogP contribution in [0, 0.1) is 0 Å². The highest BCUT2D eigenvalue weighted by atomic mass is 32.2. The number of rotatable bonds is 9. The van der Waals surface area contributed by atoms with Gasteiger partial charge in [-0.15, -0.1) is 0 Å². The third kappa shape index (κ3) is 5.50. The van der Waals surface area contributed by atoms with Crippen molar-refractivity contribution in [2.24, 2.45) is 0 Å². The number of anilines is 1. The quantitative estimate of drug-likeness (QED) is 0.607. The van der Waals surface area contributed by atoms with E-state index in [4.69, 9.17) is 18.9 Å². The van der Waals surface area contributed by atoms with Crippen LogP contribution >= 0.6 is 0 Å². The standard InChI is InChI=1S/C22H28N2O7S/c1-28-17-5-7-21(30-3)19(15-17)23-22(25)9-4-16-14-18(6-8-20(16)29-2)32(26,27)24-10-12-31-13-11-24/h5-8,14-15H,4,9-13H2,1-3H3,(H,23,25). The van der Waals surface area contributed by atoms with Gasteiger partial charge in [0, 0.05) is 25.6 Å². The van der Waals surface area contributed by atoms with E-state index in [0.717, 1.165) is 0 Å². The molecular formula is C22H28N2O7S. The molecule has 0 saturated carbocycles. The molecule has 1 saturated heterocycles. The molecule has 1 fully saturated rings. The number of nitrogens with one attached hydrogen (secondary N) is 1. The highest BCUT2D eigenvalue weighted by Gasteiger charge is 2.27. The molecule has 0 aromatic heterocycles. The fourth-order valence-electron chi connectivity index (χ4n) is 3.42. The van der Waals surface area contributed by atoms with Crippen molar-refractivity contribution in [3.8, 4) is 17.2 Å². The molecular weight excluding hydrogens is 436 g/mol. The number of carbonyl (C=O) groups excluding carboxylic acids is 1. The number of morpholine rings is 1. The van der Waals surface area contributed by atoms with Gasteiger partial charge in [-0.2, -0.15) is 4.31 Å². The van der Waals surface area contributed by atoms with Gasteiger partial charge in [0.2, 0.25) is 15.9 Å². The molecule has 32 heavy (non-hydrogen) atoms. The van der Waals surface area contributed by atoms with E-state index in [0.29, 0.717) is 61.2 Å². The lowest BCUT2D eigenvalue weighted by atomic mass is 10.1. The number of amides is 1. The lowest BCUT2D eigenvalue weighted by Gasteiger charge is -2.26. The minimum atomic E-state index is -3.65. The summed E-state index contributed by atoms with van der Waals surface area (Å²) in [7, 11) is 0.919. The number of aryl methyl sites for hydroxylation is 1. The van der Waals surface area contributed by atoms with Crippen LogP contribution in [0.1, 0.15) is 12.0 Å². The fraction of sp³-hybridized carbons (Fsp3) is 0.409. The van der Waals surface area contributed by atoms with Crippen LogP contribution in [0.15, 0.2) is 41.3 Å². The number of methoxy groups -OCH3 is 3. The molecule has 1 amide bonds. The highest BCUT2D eigenvalue weighted by molar-refractivity contribution is 7.89. The molecule has 2 aromatic rings. The van der Waals surface area contributed by atoms with Crippen LogP contribution in [0.5, 0.6) is 17.2 Å². The second-order valence-corrected chi connectivity index (χ2v) is 9.04. The summed E-state index contributed by atoms with van der Waals surface area (Å²) < 4.78 is 48.5. The summed E-state index contributed by atoms with van der Waals surface area (Å²) >= 11 is 0. The minimum Gasteiger partial charge on any atom is -0.497 e. The third-order valence-electron chi connectivity index (χ3n) is 5.16. The molecule has 1 N–H and O–H groups in total. The van der Waals surface area contributed by atoms with Crippen molar-refractivity contribution < 1.29 is 32.2 Å². The second kappa shape index (κ2) is 10.7. The monoisotopic (exact) mass is 464 g/mol. The first kappa shape index (κ1) is 23.8. The predicted octanol–water partition coefficient (Wildman–Crippen LogP) is 2.30. The fourth-order valence-corrected chi connectivity index (χ4v) is 4.88. The van der Waals surface area contributed by atoms with Crippen LogP contribution < -0.4 is 19.5 Å². The second-order valence-electron chi connectivity index (χ2n) is 7.10. The molecule has 0 radical (unpaired) electrons. The number of carbonyl (C=O) groups is 1. The summed E-state index contributed by atoms with van der Waals surface area (Å²) in [6.07, 6.45) is 0.422. The van der Waals surface area contributed by atoms with Crippen LogP contribution in [0.2, 0.25) is 0 Å². The molecule has 10 heteroatoms. The zero-order valence-electron chi connectivity index (χ0n) is 18.4. The first-order valence-corrected chi connectivity index (χ1v) is 11.6. The molecule has 9 nitrogen and oxygen atoms in total. The van der Waals surface area contributed by atoms with Gasteiger partial charge >= 0.3 is 0 Å². The molecule has 0 bridgehead atoms. The number of hydrogen-bond donors (Lipinski definition) is 1. The lowest BCUT2D eigenvalue weighted by molar-refractivity contribution is -0.116. The lowest BCUT2D eigenvalue weighted by Crippen LogP contribution is -2.40. The van der Waals surface area contributed by atoms with E-state index in [1.807, 2.05) is 0 Å². The number of hydrogen-bond acceptors (Lipinski definition) is 7. The van der Waals surface area contributed by atoms with E-state index >= 15 is 0 Å². The summed E-state index contributed by atoms with van der Waals surface area (Å²) in [6.45, 7) is 1.37. The third-order valence-corrected chi connectivity index (χ3v) is 7.06. The van der Waals surface area contributed by atoms with Gasteiger partial charge in [-0.25, -0.2) is 8.42 Å². The number of sulfonamides is 1. The van der Waals surface area contributed by atoms with Crippen molar-refractivity contribution in [1.82, 2.24) is 4.31 Å². The maximum absolute atomic E-state index is 13.0. The van der Waals surface area contributed by atoms with E-state index in [1.165, 1.54) is 31.7 Å². The molecule has 1 aliphatic rings. The van der Waals surface area contributed by atoms with Gasteiger partial charge in [-0.3, -0.25) is 4.79 Å². The Kier molecular flexibility index (Phi) is 7.94. The molecule has 1 heterocycles. The molecule has 2 aromatic carbocycles. The van der Waals surface area contributed by atoms with Crippen LogP contribution in [0.25, 0.3) is 0 Å². The van der Waals surface area contributed by atoms with Crippen LogP contribution in [0.3, 0.4) is 0 Å². The van der Waals surface area contributed by atoms with Gasteiger partial charge in [0.25, 0.3) is 0 Å². The Bertz CT molecular complexity index is 1050. The SMILES string of the molecule is COc1ccc(OC)c(NC(=O)CCc2cc(S(=O)(=O)N3CCOCC3)ccc2OC)c1. The average Bonchev–Trinajstić information content (AvgIpc) is 2.83. The van der Waals surface area contributed by atoms with E-state index in [1.54, 1.807) is 30.3 Å². The summed E-state index contributed by atoms with van der Waals surface area (Å²) in [5, 5.41) is 2.82. The van der Waals surface area contributed by atoms with Crippen molar-refractivity contribution in [3.63, 3.8) is 0 Å². The van der Waals surface area contributed by atoms with E-state index < -0.39 is 10.0 Å². The van der Waals surface area contributed by atoms with E-state index in [9.17, 15) is 13.2 Å². The Labute approximate surface area is 188 Å². The number of benzene rings is 2. The van der Waals surface area contributed by atoms with Crippen LogP contribution in [0.4, 0.5) is 5.69 Å². The molecule has 1 aliphatic heterocycles. The largest absolute Gasteiger partial charge is 0.497 e. The molecule has 3 rings (SSSR count). The van der Waals surface area contributed by atoms with Crippen LogP contribution in [-0.4, -0.2) is 66.3 Å². The van der Waals surface area contributed by atoms with Crippen molar-refractivity contribution in [2.45, 2.75) is 17.7 Å². The van der Waals surface area contributed by atoms with Crippen molar-refractivity contribution in [1.29, 1.82) is 0 Å². The van der Waals surface area contributed by atoms with Gasteiger partial charge in [-0.05, 0) is 42.3 Å². The molecule has 174 valence electrons. The van der Waals surface area contributed by atoms with Gasteiger partial charge in [0.1, 0.15) is 17.2 Å². The predicted molar refractivity (Wildman–Crippen MR) is 119 cm³/mol. The normalized spacial score (nSPS) is 14.6. The van der Waals surface area contributed by atoms with Crippen molar-refractivity contribution in [3.05, 3.63) is 42.0 Å². The smallest absolute Gasteiger partial charge is 0.243 e. The zero-order chi connectivity index (χ0) is 23.1.